The molecule has 1 saturated heterocycles. The van der Waals surface area contributed by atoms with Crippen LogP contribution < -0.4 is 0 Å². The summed E-state index contributed by atoms with van der Waals surface area (Å²) in [4.78, 5) is 14.8. The van der Waals surface area contributed by atoms with Crippen molar-refractivity contribution < 1.29 is 14.3 Å². The summed E-state index contributed by atoms with van der Waals surface area (Å²) in [6.07, 6.45) is 5.00. The molecule has 0 aromatic carbocycles. The molecule has 2 atom stereocenters. The fraction of sp³-hybridized carbons (Fsp3) is 0.615. The molecule has 2 aliphatic rings. The topological polar surface area (TPSA) is 54.6 Å². The van der Waals surface area contributed by atoms with Gasteiger partial charge in [0.25, 0.3) is 0 Å². The van der Waals surface area contributed by atoms with E-state index >= 15 is 0 Å². The third-order valence-corrected chi connectivity index (χ3v) is 3.55. The number of epoxide rings is 1. The summed E-state index contributed by atoms with van der Waals surface area (Å²) >= 11 is 0. The number of carbonyl (C=O) groups excluding carboxylic acids is 1. The molecule has 1 aromatic heterocycles. The molecule has 0 radical (unpaired) electrons. The predicted octanol–water partition coefficient (Wildman–Crippen LogP) is 1.84. The highest BCUT2D eigenvalue weighted by Gasteiger charge is 2.39. The minimum atomic E-state index is -0.249. The van der Waals surface area contributed by atoms with E-state index in [0.717, 1.165) is 25.7 Å². The Morgan fingerprint density at radius 3 is 3.00 bits per heavy atom. The molecule has 92 valence electrons. The number of fused-ring (bicyclic) bond motifs is 2. The van der Waals surface area contributed by atoms with Crippen molar-refractivity contribution in [3.8, 4) is 0 Å². The van der Waals surface area contributed by atoms with Gasteiger partial charge in [0.2, 0.25) is 0 Å². The van der Waals surface area contributed by atoms with Crippen molar-refractivity contribution in [1.82, 2.24) is 4.98 Å². The number of hydrogen-bond donors (Lipinski definition) is 1. The lowest BCUT2D eigenvalue weighted by atomic mass is 9.99. The summed E-state index contributed by atoms with van der Waals surface area (Å²) in [5, 5.41) is 0. The number of H-pyrrole nitrogens is 1. The van der Waals surface area contributed by atoms with Gasteiger partial charge in [0.15, 0.2) is 0 Å². The Hall–Kier alpha value is -1.29. The van der Waals surface area contributed by atoms with Crippen LogP contribution in [0.1, 0.15) is 41.5 Å². The van der Waals surface area contributed by atoms with Gasteiger partial charge in [-0.1, -0.05) is 0 Å². The van der Waals surface area contributed by atoms with E-state index in [1.54, 1.807) is 0 Å². The van der Waals surface area contributed by atoms with E-state index in [0.29, 0.717) is 24.5 Å². The molecule has 0 saturated carbocycles. The van der Waals surface area contributed by atoms with Gasteiger partial charge < -0.3 is 14.5 Å². The fourth-order valence-corrected chi connectivity index (χ4v) is 2.58. The van der Waals surface area contributed by atoms with Gasteiger partial charge in [-0.25, -0.2) is 4.79 Å². The summed E-state index contributed by atoms with van der Waals surface area (Å²) in [5.74, 6) is -0.249. The molecule has 0 spiro atoms. The number of aromatic nitrogens is 1. The standard InChI is InChI=1S/C13H17NO3/c1-2-16-13(15)10-7-8-3-5-11-12(17-11)6-4-9(8)14-10/h7,11-12,14H,2-6H2,1H3. The third kappa shape index (κ3) is 2.09. The highest BCUT2D eigenvalue weighted by molar-refractivity contribution is 5.87. The lowest BCUT2D eigenvalue weighted by molar-refractivity contribution is 0.0520. The predicted molar refractivity (Wildman–Crippen MR) is 62.1 cm³/mol. The molecule has 2 unspecified atom stereocenters. The molecule has 4 heteroatoms. The maximum absolute atomic E-state index is 11.6. The Kier molecular flexibility index (Phi) is 2.67. The van der Waals surface area contributed by atoms with Crippen LogP contribution in [-0.4, -0.2) is 29.8 Å². The van der Waals surface area contributed by atoms with Crippen LogP contribution in [0, 0.1) is 0 Å². The molecular formula is C13H17NO3. The second-order valence-electron chi connectivity index (χ2n) is 4.70. The summed E-state index contributed by atoms with van der Waals surface area (Å²) < 4.78 is 10.6. The van der Waals surface area contributed by atoms with E-state index in [1.807, 2.05) is 13.0 Å². The van der Waals surface area contributed by atoms with Crippen molar-refractivity contribution in [2.24, 2.45) is 0 Å². The molecule has 1 fully saturated rings. The number of aryl methyl sites for hydroxylation is 2. The molecule has 3 rings (SSSR count). The molecule has 1 aromatic rings. The van der Waals surface area contributed by atoms with Gasteiger partial charge in [-0.3, -0.25) is 0 Å². The Morgan fingerprint density at radius 1 is 1.47 bits per heavy atom. The quantitative estimate of drug-likeness (QED) is 0.628. The molecule has 4 nitrogen and oxygen atoms in total. The number of esters is 1. The fourth-order valence-electron chi connectivity index (χ4n) is 2.58. The summed E-state index contributed by atoms with van der Waals surface area (Å²) in [5.41, 5.74) is 3.03. The average molecular weight is 235 g/mol. The maximum Gasteiger partial charge on any atom is 0.354 e. The first-order valence-electron chi connectivity index (χ1n) is 6.31. The summed E-state index contributed by atoms with van der Waals surface area (Å²) in [6.45, 7) is 2.24. The zero-order valence-electron chi connectivity index (χ0n) is 9.99. The van der Waals surface area contributed by atoms with Crippen molar-refractivity contribution in [2.75, 3.05) is 6.61 Å². The number of aromatic amines is 1. The van der Waals surface area contributed by atoms with Crippen LogP contribution in [0.3, 0.4) is 0 Å². The van der Waals surface area contributed by atoms with Crippen LogP contribution in [0.2, 0.25) is 0 Å². The lowest BCUT2D eigenvalue weighted by Crippen LogP contribution is -2.06. The maximum atomic E-state index is 11.6. The van der Waals surface area contributed by atoms with Crippen LogP contribution in [0.4, 0.5) is 0 Å². The van der Waals surface area contributed by atoms with Crippen molar-refractivity contribution >= 4 is 5.97 Å². The van der Waals surface area contributed by atoms with E-state index in [-0.39, 0.29) is 5.97 Å². The van der Waals surface area contributed by atoms with Gasteiger partial charge in [-0.2, -0.15) is 0 Å². The van der Waals surface area contributed by atoms with Crippen molar-refractivity contribution in [1.29, 1.82) is 0 Å². The van der Waals surface area contributed by atoms with Crippen molar-refractivity contribution in [3.63, 3.8) is 0 Å². The third-order valence-electron chi connectivity index (χ3n) is 3.55. The molecule has 17 heavy (non-hydrogen) atoms. The van der Waals surface area contributed by atoms with Gasteiger partial charge in [0, 0.05) is 5.69 Å². The summed E-state index contributed by atoms with van der Waals surface area (Å²) in [7, 11) is 0. The molecule has 0 bridgehead atoms. The Bertz CT molecular complexity index is 408. The first-order chi connectivity index (χ1) is 8.28. The van der Waals surface area contributed by atoms with Crippen LogP contribution in [0.25, 0.3) is 0 Å². The van der Waals surface area contributed by atoms with Crippen LogP contribution >= 0.6 is 0 Å². The number of nitrogens with one attached hydrogen (secondary N) is 1. The Labute approximate surface area is 100 Å². The second kappa shape index (κ2) is 4.18. The normalized spacial score (nSPS) is 26.4. The van der Waals surface area contributed by atoms with E-state index < -0.39 is 0 Å². The first-order valence-corrected chi connectivity index (χ1v) is 6.31. The number of rotatable bonds is 2. The highest BCUT2D eigenvalue weighted by Crippen LogP contribution is 2.34. The van der Waals surface area contributed by atoms with E-state index in [4.69, 9.17) is 9.47 Å². The zero-order chi connectivity index (χ0) is 11.8. The smallest absolute Gasteiger partial charge is 0.354 e. The Morgan fingerprint density at radius 2 is 2.24 bits per heavy atom. The van der Waals surface area contributed by atoms with Gasteiger partial charge in [0.1, 0.15) is 5.69 Å². The van der Waals surface area contributed by atoms with Crippen molar-refractivity contribution in [2.45, 2.75) is 44.8 Å². The Balaban J connectivity index is 1.79. The van der Waals surface area contributed by atoms with Crippen LogP contribution in [0.15, 0.2) is 6.07 Å². The molecule has 1 aliphatic heterocycles. The van der Waals surface area contributed by atoms with Crippen LogP contribution in [-0.2, 0) is 22.3 Å². The van der Waals surface area contributed by atoms with Gasteiger partial charge >= 0.3 is 5.97 Å². The average Bonchev–Trinajstić information content (AvgIpc) is 2.91. The van der Waals surface area contributed by atoms with E-state index in [9.17, 15) is 4.79 Å². The molecule has 0 amide bonds. The molecule has 1 N–H and O–H groups in total. The van der Waals surface area contributed by atoms with Gasteiger partial charge in [0.05, 0.1) is 18.8 Å². The molecule has 2 heterocycles. The second-order valence-corrected chi connectivity index (χ2v) is 4.70. The largest absolute Gasteiger partial charge is 0.461 e. The van der Waals surface area contributed by atoms with Crippen molar-refractivity contribution in [3.05, 3.63) is 23.0 Å². The SMILES string of the molecule is CCOC(=O)c1cc2c([nH]1)CCC1OC1CC2. The van der Waals surface area contributed by atoms with Gasteiger partial charge in [-0.05, 0) is 44.2 Å². The number of ether oxygens (including phenoxy) is 2. The minimum absolute atomic E-state index is 0.249. The monoisotopic (exact) mass is 235 g/mol. The molecular weight excluding hydrogens is 218 g/mol. The minimum Gasteiger partial charge on any atom is -0.461 e. The van der Waals surface area contributed by atoms with E-state index in [1.165, 1.54) is 11.3 Å². The zero-order valence-corrected chi connectivity index (χ0v) is 9.99. The van der Waals surface area contributed by atoms with Crippen LogP contribution in [0.5, 0.6) is 0 Å². The van der Waals surface area contributed by atoms with Gasteiger partial charge in [-0.15, -0.1) is 0 Å². The highest BCUT2D eigenvalue weighted by atomic mass is 16.6. The number of hydrogen-bond acceptors (Lipinski definition) is 3. The molecule has 1 aliphatic carbocycles. The summed E-state index contributed by atoms with van der Waals surface area (Å²) in [6, 6.07) is 1.94. The van der Waals surface area contributed by atoms with E-state index in [2.05, 4.69) is 4.98 Å². The first kappa shape index (κ1) is 10.8. The number of carbonyl (C=O) groups is 1. The lowest BCUT2D eigenvalue weighted by Gasteiger charge is -2.05.